The number of carbonyl (C=O) groups is 1. The van der Waals surface area contributed by atoms with E-state index in [4.69, 9.17) is 9.97 Å². The Hall–Kier alpha value is -3.28. The summed E-state index contributed by atoms with van der Waals surface area (Å²) in [5.74, 6) is 1.53. The third kappa shape index (κ3) is 3.71. The maximum Gasteiger partial charge on any atom is 0.219 e. The molecule has 3 heterocycles. The molecule has 0 saturated carbocycles. The molecule has 4 rings (SSSR count). The molecule has 1 N–H and O–H groups in total. The number of rotatable bonds is 4. The third-order valence-electron chi connectivity index (χ3n) is 5.08. The number of fused-ring (bicyclic) bond motifs is 1. The standard InChI is InChI=1S/C22H23N5O/c1-15(17-7-4-3-5-8-17)24-22-19-10-12-27(16(2)28)14-20(19)25-21(26-22)18-9-6-11-23-13-18/h3-9,11,13,15H,10,12,14H2,1-2H3,(H,24,25,26)/t15-/m0/s1. The summed E-state index contributed by atoms with van der Waals surface area (Å²) in [6.07, 6.45) is 4.24. The summed E-state index contributed by atoms with van der Waals surface area (Å²) in [6.45, 7) is 4.92. The molecule has 28 heavy (non-hydrogen) atoms. The first-order chi connectivity index (χ1) is 13.6. The van der Waals surface area contributed by atoms with Crippen LogP contribution < -0.4 is 5.32 Å². The Labute approximate surface area is 164 Å². The first-order valence-electron chi connectivity index (χ1n) is 9.49. The fraction of sp³-hybridized carbons (Fsp3) is 0.273. The van der Waals surface area contributed by atoms with Crippen molar-refractivity contribution < 1.29 is 4.79 Å². The van der Waals surface area contributed by atoms with Gasteiger partial charge in [-0.05, 0) is 31.0 Å². The average molecular weight is 373 g/mol. The molecule has 3 aromatic rings. The third-order valence-corrected chi connectivity index (χ3v) is 5.08. The van der Waals surface area contributed by atoms with Gasteiger partial charge >= 0.3 is 0 Å². The predicted molar refractivity (Wildman–Crippen MR) is 109 cm³/mol. The minimum absolute atomic E-state index is 0.0688. The van der Waals surface area contributed by atoms with Crippen LogP contribution in [0.3, 0.4) is 0 Å². The molecule has 1 aromatic carbocycles. The van der Waals surface area contributed by atoms with Gasteiger partial charge in [-0.2, -0.15) is 0 Å². The Balaban J connectivity index is 1.74. The number of nitrogens with zero attached hydrogens (tertiary/aromatic N) is 4. The number of amides is 1. The molecule has 2 aromatic heterocycles. The van der Waals surface area contributed by atoms with Crippen LogP contribution in [0, 0.1) is 0 Å². The molecular weight excluding hydrogens is 350 g/mol. The monoisotopic (exact) mass is 373 g/mol. The smallest absolute Gasteiger partial charge is 0.219 e. The number of hydrogen-bond donors (Lipinski definition) is 1. The fourth-order valence-electron chi connectivity index (χ4n) is 3.47. The summed E-state index contributed by atoms with van der Waals surface area (Å²) in [7, 11) is 0. The van der Waals surface area contributed by atoms with E-state index >= 15 is 0 Å². The average Bonchev–Trinajstić information content (AvgIpc) is 2.74. The van der Waals surface area contributed by atoms with Gasteiger partial charge in [-0.3, -0.25) is 9.78 Å². The molecule has 1 aliphatic rings. The topological polar surface area (TPSA) is 71.0 Å². The van der Waals surface area contributed by atoms with Crippen LogP contribution in [-0.2, 0) is 17.8 Å². The molecule has 1 amide bonds. The molecule has 6 nitrogen and oxygen atoms in total. The molecule has 0 bridgehead atoms. The predicted octanol–water partition coefficient (Wildman–Crippen LogP) is 3.62. The van der Waals surface area contributed by atoms with Crippen LogP contribution in [0.5, 0.6) is 0 Å². The second-order valence-electron chi connectivity index (χ2n) is 7.03. The van der Waals surface area contributed by atoms with E-state index in [-0.39, 0.29) is 11.9 Å². The lowest BCUT2D eigenvalue weighted by molar-refractivity contribution is -0.129. The van der Waals surface area contributed by atoms with Gasteiger partial charge in [-0.15, -0.1) is 0 Å². The summed E-state index contributed by atoms with van der Waals surface area (Å²) < 4.78 is 0. The first-order valence-corrected chi connectivity index (χ1v) is 9.49. The Morgan fingerprint density at radius 1 is 1.14 bits per heavy atom. The van der Waals surface area contributed by atoms with E-state index in [1.54, 1.807) is 19.3 Å². The quantitative estimate of drug-likeness (QED) is 0.756. The summed E-state index contributed by atoms with van der Waals surface area (Å²) in [5, 5.41) is 3.57. The number of carbonyl (C=O) groups excluding carboxylic acids is 1. The van der Waals surface area contributed by atoms with Crippen molar-refractivity contribution in [3.8, 4) is 11.4 Å². The lowest BCUT2D eigenvalue weighted by atomic mass is 10.0. The van der Waals surface area contributed by atoms with Gasteiger partial charge in [0.15, 0.2) is 5.82 Å². The zero-order valence-electron chi connectivity index (χ0n) is 16.1. The highest BCUT2D eigenvalue weighted by atomic mass is 16.2. The van der Waals surface area contributed by atoms with Crippen molar-refractivity contribution in [3.05, 3.63) is 71.7 Å². The second-order valence-corrected chi connectivity index (χ2v) is 7.03. The number of pyridine rings is 1. The van der Waals surface area contributed by atoms with Crippen LogP contribution >= 0.6 is 0 Å². The number of hydrogen-bond acceptors (Lipinski definition) is 5. The molecule has 0 saturated heterocycles. The van der Waals surface area contributed by atoms with E-state index in [0.717, 1.165) is 29.1 Å². The van der Waals surface area contributed by atoms with E-state index < -0.39 is 0 Å². The SMILES string of the molecule is CC(=O)N1CCc2c(nc(-c3cccnc3)nc2N[C@@H](C)c2ccccc2)C1. The van der Waals surface area contributed by atoms with Crippen LogP contribution in [0.15, 0.2) is 54.9 Å². The van der Waals surface area contributed by atoms with Gasteiger partial charge in [0.2, 0.25) is 5.91 Å². The highest BCUT2D eigenvalue weighted by molar-refractivity contribution is 5.74. The zero-order chi connectivity index (χ0) is 19.5. The number of aromatic nitrogens is 3. The van der Waals surface area contributed by atoms with E-state index in [1.807, 2.05) is 35.2 Å². The number of anilines is 1. The van der Waals surface area contributed by atoms with E-state index in [0.29, 0.717) is 18.9 Å². The highest BCUT2D eigenvalue weighted by Crippen LogP contribution is 2.29. The van der Waals surface area contributed by atoms with Crippen molar-refractivity contribution in [2.24, 2.45) is 0 Å². The van der Waals surface area contributed by atoms with Gasteiger partial charge in [0, 0.05) is 43.0 Å². The fourth-order valence-corrected chi connectivity index (χ4v) is 3.47. The summed E-state index contributed by atoms with van der Waals surface area (Å²) in [5.41, 5.74) is 4.05. The molecule has 0 unspecified atom stereocenters. The van der Waals surface area contributed by atoms with Gasteiger partial charge in [-0.1, -0.05) is 30.3 Å². The minimum atomic E-state index is 0.0688. The van der Waals surface area contributed by atoms with E-state index in [9.17, 15) is 4.79 Å². The molecule has 1 atom stereocenters. The summed E-state index contributed by atoms with van der Waals surface area (Å²) in [6, 6.07) is 14.2. The molecule has 142 valence electrons. The van der Waals surface area contributed by atoms with Crippen LogP contribution in [0.2, 0.25) is 0 Å². The Kier molecular flexibility index (Phi) is 5.02. The maximum atomic E-state index is 11.9. The van der Waals surface area contributed by atoms with Crippen molar-refractivity contribution in [1.29, 1.82) is 0 Å². The normalized spacial score (nSPS) is 14.3. The molecule has 6 heteroatoms. The van der Waals surface area contributed by atoms with E-state index in [1.165, 1.54) is 5.56 Å². The Bertz CT molecular complexity index is 975. The lowest BCUT2D eigenvalue weighted by Crippen LogP contribution is -2.35. The molecule has 0 aliphatic carbocycles. The summed E-state index contributed by atoms with van der Waals surface area (Å²) >= 11 is 0. The number of nitrogens with one attached hydrogen (secondary N) is 1. The Morgan fingerprint density at radius 2 is 1.96 bits per heavy atom. The Morgan fingerprint density at radius 3 is 2.68 bits per heavy atom. The van der Waals surface area contributed by atoms with Crippen LogP contribution in [0.25, 0.3) is 11.4 Å². The van der Waals surface area contributed by atoms with Gasteiger partial charge in [0.05, 0.1) is 12.2 Å². The lowest BCUT2D eigenvalue weighted by Gasteiger charge is -2.29. The van der Waals surface area contributed by atoms with Crippen molar-refractivity contribution in [1.82, 2.24) is 19.9 Å². The van der Waals surface area contributed by atoms with Gasteiger partial charge < -0.3 is 10.2 Å². The van der Waals surface area contributed by atoms with Crippen molar-refractivity contribution in [2.45, 2.75) is 32.9 Å². The van der Waals surface area contributed by atoms with Crippen LogP contribution in [0.4, 0.5) is 5.82 Å². The zero-order valence-corrected chi connectivity index (χ0v) is 16.1. The van der Waals surface area contributed by atoms with Crippen molar-refractivity contribution in [3.63, 3.8) is 0 Å². The van der Waals surface area contributed by atoms with Gasteiger partial charge in [0.25, 0.3) is 0 Å². The molecular formula is C22H23N5O. The van der Waals surface area contributed by atoms with Crippen molar-refractivity contribution in [2.75, 3.05) is 11.9 Å². The molecule has 1 aliphatic heterocycles. The van der Waals surface area contributed by atoms with Gasteiger partial charge in [-0.25, -0.2) is 9.97 Å². The largest absolute Gasteiger partial charge is 0.363 e. The van der Waals surface area contributed by atoms with E-state index in [2.05, 4.69) is 29.4 Å². The van der Waals surface area contributed by atoms with Crippen LogP contribution in [0.1, 0.15) is 36.7 Å². The number of benzene rings is 1. The first kappa shape index (κ1) is 18.1. The molecule has 0 fully saturated rings. The maximum absolute atomic E-state index is 11.9. The highest BCUT2D eigenvalue weighted by Gasteiger charge is 2.24. The van der Waals surface area contributed by atoms with Gasteiger partial charge in [0.1, 0.15) is 5.82 Å². The van der Waals surface area contributed by atoms with Crippen molar-refractivity contribution >= 4 is 11.7 Å². The van der Waals surface area contributed by atoms with Crippen LogP contribution in [-0.4, -0.2) is 32.3 Å². The second kappa shape index (κ2) is 7.76. The minimum Gasteiger partial charge on any atom is -0.363 e. The summed E-state index contributed by atoms with van der Waals surface area (Å²) in [4.78, 5) is 27.5. The molecule has 0 radical (unpaired) electrons. The molecule has 0 spiro atoms.